The van der Waals surface area contributed by atoms with E-state index in [0.29, 0.717) is 37.6 Å². The van der Waals surface area contributed by atoms with Gasteiger partial charge in [0, 0.05) is 43.4 Å². The molecule has 3 aromatic rings. The van der Waals surface area contributed by atoms with Crippen molar-refractivity contribution >= 4 is 6.09 Å². The van der Waals surface area contributed by atoms with Crippen LogP contribution < -0.4 is 20.1 Å². The van der Waals surface area contributed by atoms with Gasteiger partial charge in [0.15, 0.2) is 11.5 Å². The first-order chi connectivity index (χ1) is 16.9. The molecule has 0 saturated heterocycles. The number of nitrogens with zero attached hydrogens (tertiary/aromatic N) is 1. The van der Waals surface area contributed by atoms with Crippen molar-refractivity contribution in [1.29, 1.82) is 0 Å². The SMILES string of the molecule is O=C(NCCNC1CCOc2c(Oc3ccc(C(F)(F)F)cn3)cccc21)OCc1ccccc1. The van der Waals surface area contributed by atoms with E-state index in [1.165, 1.54) is 6.07 Å². The molecule has 2 heterocycles. The minimum Gasteiger partial charge on any atom is -0.489 e. The van der Waals surface area contributed by atoms with E-state index in [-0.39, 0.29) is 18.5 Å². The zero-order valence-corrected chi connectivity index (χ0v) is 18.7. The molecule has 1 unspecified atom stereocenters. The number of pyridine rings is 1. The van der Waals surface area contributed by atoms with Gasteiger partial charge in [0.2, 0.25) is 5.88 Å². The number of nitrogens with one attached hydrogen (secondary N) is 2. The molecule has 1 aliphatic rings. The predicted octanol–water partition coefficient (Wildman–Crippen LogP) is 5.23. The van der Waals surface area contributed by atoms with E-state index in [4.69, 9.17) is 14.2 Å². The van der Waals surface area contributed by atoms with Crippen molar-refractivity contribution in [2.24, 2.45) is 0 Å². The third-order valence-corrected chi connectivity index (χ3v) is 5.31. The van der Waals surface area contributed by atoms with Crippen LogP contribution in [-0.4, -0.2) is 30.8 Å². The van der Waals surface area contributed by atoms with Crippen molar-refractivity contribution < 1.29 is 32.2 Å². The molecule has 10 heteroatoms. The van der Waals surface area contributed by atoms with Crippen molar-refractivity contribution in [2.45, 2.75) is 25.2 Å². The Labute approximate surface area is 200 Å². The summed E-state index contributed by atoms with van der Waals surface area (Å²) >= 11 is 0. The highest BCUT2D eigenvalue weighted by Crippen LogP contribution is 2.41. The molecule has 35 heavy (non-hydrogen) atoms. The number of rotatable bonds is 8. The number of hydrogen-bond acceptors (Lipinski definition) is 6. The number of hydrogen-bond donors (Lipinski definition) is 2. The summed E-state index contributed by atoms with van der Waals surface area (Å²) in [7, 11) is 0. The minimum absolute atomic E-state index is 0.0308. The maximum Gasteiger partial charge on any atom is 0.417 e. The van der Waals surface area contributed by atoms with Gasteiger partial charge in [-0.3, -0.25) is 0 Å². The molecule has 0 aliphatic carbocycles. The van der Waals surface area contributed by atoms with Crippen LogP contribution in [0, 0.1) is 0 Å². The van der Waals surface area contributed by atoms with E-state index >= 15 is 0 Å². The normalized spacial score (nSPS) is 15.0. The number of halogens is 3. The number of alkyl halides is 3. The fourth-order valence-electron chi connectivity index (χ4n) is 3.59. The van der Waals surface area contributed by atoms with E-state index in [1.54, 1.807) is 12.1 Å². The highest BCUT2D eigenvalue weighted by atomic mass is 19.4. The van der Waals surface area contributed by atoms with Crippen LogP contribution in [0.25, 0.3) is 0 Å². The lowest BCUT2D eigenvalue weighted by atomic mass is 10.00. The van der Waals surface area contributed by atoms with Gasteiger partial charge in [-0.25, -0.2) is 9.78 Å². The number of amides is 1. The standard InChI is InChI=1S/C25H24F3N3O4/c26-25(27,28)18-9-10-22(31-15-18)35-21-8-4-7-19-20(11-14-33-23(19)21)29-12-13-30-24(32)34-16-17-5-2-1-3-6-17/h1-10,15,20,29H,11-14,16H2,(H,30,32). The molecule has 2 N–H and O–H groups in total. The average Bonchev–Trinajstić information content (AvgIpc) is 2.86. The van der Waals surface area contributed by atoms with Crippen molar-refractivity contribution in [1.82, 2.24) is 15.6 Å². The van der Waals surface area contributed by atoms with Gasteiger partial charge >= 0.3 is 12.3 Å². The Morgan fingerprint density at radius 3 is 2.63 bits per heavy atom. The molecule has 0 fully saturated rings. The summed E-state index contributed by atoms with van der Waals surface area (Å²) in [5, 5.41) is 6.08. The van der Waals surface area contributed by atoms with Gasteiger partial charge in [0.1, 0.15) is 6.61 Å². The first-order valence-electron chi connectivity index (χ1n) is 11.0. The molecule has 0 spiro atoms. The van der Waals surface area contributed by atoms with E-state index in [2.05, 4.69) is 15.6 Å². The van der Waals surface area contributed by atoms with Crippen LogP contribution in [0.1, 0.15) is 29.2 Å². The quantitative estimate of drug-likeness (QED) is 0.424. The largest absolute Gasteiger partial charge is 0.489 e. The van der Waals surface area contributed by atoms with Crippen molar-refractivity contribution in [3.63, 3.8) is 0 Å². The lowest BCUT2D eigenvalue weighted by Crippen LogP contribution is -2.35. The van der Waals surface area contributed by atoms with E-state index in [1.807, 2.05) is 36.4 Å². The molecule has 2 aromatic carbocycles. The van der Waals surface area contributed by atoms with E-state index < -0.39 is 17.8 Å². The number of carbonyl (C=O) groups is 1. The average molecular weight is 487 g/mol. The molecular formula is C25H24F3N3O4. The van der Waals surface area contributed by atoms with Crippen LogP contribution in [0.3, 0.4) is 0 Å². The molecule has 1 amide bonds. The number of para-hydroxylation sites is 1. The van der Waals surface area contributed by atoms with Crippen LogP contribution in [0.15, 0.2) is 66.9 Å². The fourth-order valence-corrected chi connectivity index (χ4v) is 3.59. The Morgan fingerprint density at radius 2 is 1.89 bits per heavy atom. The minimum atomic E-state index is -4.47. The van der Waals surface area contributed by atoms with Crippen LogP contribution >= 0.6 is 0 Å². The van der Waals surface area contributed by atoms with Crippen LogP contribution in [0.4, 0.5) is 18.0 Å². The molecule has 1 atom stereocenters. The van der Waals surface area contributed by atoms with Gasteiger partial charge in [-0.1, -0.05) is 42.5 Å². The Balaban J connectivity index is 1.29. The van der Waals surface area contributed by atoms with Crippen LogP contribution in [0.5, 0.6) is 17.4 Å². The second kappa shape index (κ2) is 11.1. The van der Waals surface area contributed by atoms with Gasteiger partial charge in [-0.2, -0.15) is 13.2 Å². The van der Waals surface area contributed by atoms with Gasteiger partial charge in [-0.05, 0) is 17.7 Å². The van der Waals surface area contributed by atoms with Gasteiger partial charge in [0.25, 0.3) is 0 Å². The lowest BCUT2D eigenvalue weighted by Gasteiger charge is -2.28. The topological polar surface area (TPSA) is 81.7 Å². The van der Waals surface area contributed by atoms with Crippen molar-refractivity contribution in [3.05, 3.63) is 83.6 Å². The molecule has 184 valence electrons. The zero-order chi connectivity index (χ0) is 24.7. The van der Waals surface area contributed by atoms with Crippen LogP contribution in [-0.2, 0) is 17.5 Å². The number of fused-ring (bicyclic) bond motifs is 1. The Bertz CT molecular complexity index is 1130. The summed E-state index contributed by atoms with van der Waals surface area (Å²) in [5.41, 5.74) is 0.912. The number of benzene rings is 2. The third kappa shape index (κ3) is 6.63. The van der Waals surface area contributed by atoms with Crippen molar-refractivity contribution in [3.8, 4) is 17.4 Å². The highest BCUT2D eigenvalue weighted by Gasteiger charge is 2.31. The predicted molar refractivity (Wildman–Crippen MR) is 121 cm³/mol. The smallest absolute Gasteiger partial charge is 0.417 e. The Hall–Kier alpha value is -3.79. The van der Waals surface area contributed by atoms with Crippen LogP contribution in [0.2, 0.25) is 0 Å². The lowest BCUT2D eigenvalue weighted by molar-refractivity contribution is -0.137. The molecule has 0 radical (unpaired) electrons. The summed E-state index contributed by atoms with van der Waals surface area (Å²) in [5.74, 6) is 0.903. The maximum atomic E-state index is 12.8. The van der Waals surface area contributed by atoms with Crippen molar-refractivity contribution in [2.75, 3.05) is 19.7 Å². The summed E-state index contributed by atoms with van der Waals surface area (Å²) in [6.45, 7) is 1.49. The van der Waals surface area contributed by atoms with E-state index in [9.17, 15) is 18.0 Å². The second-order valence-corrected chi connectivity index (χ2v) is 7.79. The molecule has 0 bridgehead atoms. The second-order valence-electron chi connectivity index (χ2n) is 7.79. The maximum absolute atomic E-state index is 12.8. The number of carbonyl (C=O) groups excluding carboxylic acids is 1. The summed E-state index contributed by atoms with van der Waals surface area (Å²) in [6.07, 6.45) is -3.53. The Morgan fingerprint density at radius 1 is 1.06 bits per heavy atom. The zero-order valence-electron chi connectivity index (χ0n) is 18.7. The molecule has 7 nitrogen and oxygen atoms in total. The molecule has 1 aliphatic heterocycles. The molecule has 1 aromatic heterocycles. The molecular weight excluding hydrogens is 463 g/mol. The Kier molecular flexibility index (Phi) is 7.71. The summed E-state index contributed by atoms with van der Waals surface area (Å²) in [6, 6.07) is 16.8. The van der Waals surface area contributed by atoms with Gasteiger partial charge in [-0.15, -0.1) is 0 Å². The summed E-state index contributed by atoms with van der Waals surface area (Å²) < 4.78 is 55.0. The van der Waals surface area contributed by atoms with Gasteiger partial charge < -0.3 is 24.8 Å². The fraction of sp³-hybridized carbons (Fsp3) is 0.280. The number of ether oxygens (including phenoxy) is 3. The van der Waals surface area contributed by atoms with Gasteiger partial charge in [0.05, 0.1) is 12.2 Å². The number of alkyl carbamates (subject to hydrolysis) is 1. The first-order valence-corrected chi connectivity index (χ1v) is 11.0. The number of aromatic nitrogens is 1. The highest BCUT2D eigenvalue weighted by molar-refractivity contribution is 5.67. The van der Waals surface area contributed by atoms with E-state index in [0.717, 1.165) is 23.4 Å². The first kappa shape index (κ1) is 24.3. The summed E-state index contributed by atoms with van der Waals surface area (Å²) in [4.78, 5) is 15.6. The molecule has 0 saturated carbocycles. The third-order valence-electron chi connectivity index (χ3n) is 5.31. The monoisotopic (exact) mass is 487 g/mol. The molecule has 4 rings (SSSR count).